The van der Waals surface area contributed by atoms with E-state index in [2.05, 4.69) is 20.0 Å². The molecule has 0 aliphatic carbocycles. The van der Waals surface area contributed by atoms with Crippen LogP contribution in [0.3, 0.4) is 0 Å². The Hall–Kier alpha value is -3.30. The average molecular weight is 456 g/mol. The molecule has 32 heavy (non-hydrogen) atoms. The second-order valence-corrected chi connectivity index (χ2v) is 8.07. The molecule has 0 saturated carbocycles. The van der Waals surface area contributed by atoms with Gasteiger partial charge in [-0.15, -0.1) is 0 Å². The molecule has 5 nitrogen and oxygen atoms in total. The van der Waals surface area contributed by atoms with E-state index in [9.17, 15) is 13.2 Å². The number of imidazole rings is 1. The van der Waals surface area contributed by atoms with Crippen molar-refractivity contribution in [2.75, 3.05) is 12.4 Å². The maximum Gasteiger partial charge on any atom is 0.417 e. The molecule has 4 rings (SSSR count). The molecule has 0 aliphatic rings. The molecule has 2 N–H and O–H groups in total. The quantitative estimate of drug-likeness (QED) is 0.336. The van der Waals surface area contributed by atoms with Crippen LogP contribution in [0.1, 0.15) is 11.1 Å². The zero-order valence-electron chi connectivity index (χ0n) is 17.1. The number of nitrogens with one attached hydrogen (secondary N) is 2. The maximum absolute atomic E-state index is 12.8. The monoisotopic (exact) mass is 455 g/mol. The number of anilines is 2. The molecule has 2 aromatic heterocycles. The number of hydrogen-bond donors (Lipinski definition) is 2. The topological polar surface area (TPSA) is 54.8 Å². The van der Waals surface area contributed by atoms with Gasteiger partial charge in [0, 0.05) is 35.1 Å². The van der Waals surface area contributed by atoms with Crippen molar-refractivity contribution in [1.29, 1.82) is 0 Å². The smallest absolute Gasteiger partial charge is 0.340 e. The van der Waals surface area contributed by atoms with Gasteiger partial charge in [-0.25, -0.2) is 9.97 Å². The molecular formula is C23H20F3N5S. The fraction of sp³-hybridized carbons (Fsp3) is 0.130. The summed E-state index contributed by atoms with van der Waals surface area (Å²) in [5, 5.41) is 3.12. The summed E-state index contributed by atoms with van der Waals surface area (Å²) in [7, 11) is 1.83. The average Bonchev–Trinajstić information content (AvgIpc) is 3.24. The predicted molar refractivity (Wildman–Crippen MR) is 121 cm³/mol. The molecule has 0 unspecified atom stereocenters. The fourth-order valence-electron chi connectivity index (χ4n) is 3.18. The molecule has 0 bridgehead atoms. The van der Waals surface area contributed by atoms with Gasteiger partial charge in [-0.3, -0.25) is 4.72 Å². The van der Waals surface area contributed by atoms with E-state index < -0.39 is 11.7 Å². The Kier molecular flexibility index (Phi) is 6.48. The van der Waals surface area contributed by atoms with Crippen LogP contribution in [0.4, 0.5) is 24.7 Å². The van der Waals surface area contributed by atoms with Crippen LogP contribution in [0.25, 0.3) is 11.3 Å². The van der Waals surface area contributed by atoms with Crippen molar-refractivity contribution in [2.45, 2.75) is 17.6 Å². The van der Waals surface area contributed by atoms with Crippen molar-refractivity contribution >= 4 is 23.5 Å². The molecule has 0 amide bonds. The second kappa shape index (κ2) is 9.46. The van der Waals surface area contributed by atoms with Gasteiger partial charge in [0.15, 0.2) is 0 Å². The molecule has 4 aromatic rings. The van der Waals surface area contributed by atoms with E-state index in [1.54, 1.807) is 6.33 Å². The Bertz CT molecular complexity index is 1170. The number of pyridine rings is 1. The highest BCUT2D eigenvalue weighted by molar-refractivity contribution is 7.97. The maximum atomic E-state index is 12.8. The largest absolute Gasteiger partial charge is 0.417 e. The zero-order valence-corrected chi connectivity index (χ0v) is 17.9. The van der Waals surface area contributed by atoms with Crippen molar-refractivity contribution < 1.29 is 13.2 Å². The van der Waals surface area contributed by atoms with Crippen LogP contribution in [0.5, 0.6) is 0 Å². The number of rotatable bonds is 7. The number of halogens is 3. The first-order valence-corrected chi connectivity index (χ1v) is 10.6. The van der Waals surface area contributed by atoms with Crippen LogP contribution in [-0.2, 0) is 12.7 Å². The first-order valence-electron chi connectivity index (χ1n) is 9.76. The fourth-order valence-corrected chi connectivity index (χ4v) is 3.73. The molecular weight excluding hydrogens is 435 g/mol. The highest BCUT2D eigenvalue weighted by Crippen LogP contribution is 2.33. The molecule has 0 saturated heterocycles. The SMILES string of the molecule is CNSc1ccc(Nc2ccc(C(F)(F)F)cn2)c(-c2cn(Cc3ccccc3)cn2)c1. The summed E-state index contributed by atoms with van der Waals surface area (Å²) in [4.78, 5) is 9.46. The molecule has 2 aromatic carbocycles. The van der Waals surface area contributed by atoms with Gasteiger partial charge in [0.05, 0.1) is 17.6 Å². The molecule has 0 spiro atoms. The Morgan fingerprint density at radius 3 is 2.50 bits per heavy atom. The zero-order chi connectivity index (χ0) is 22.6. The lowest BCUT2D eigenvalue weighted by Gasteiger charge is -2.13. The Balaban J connectivity index is 1.63. The number of aromatic nitrogens is 3. The van der Waals surface area contributed by atoms with Gasteiger partial charge < -0.3 is 9.88 Å². The van der Waals surface area contributed by atoms with Crippen LogP contribution in [0.2, 0.25) is 0 Å². The van der Waals surface area contributed by atoms with Crippen molar-refractivity contribution in [3.05, 3.63) is 90.5 Å². The van der Waals surface area contributed by atoms with E-state index in [-0.39, 0.29) is 0 Å². The van der Waals surface area contributed by atoms with Crippen LogP contribution in [-0.4, -0.2) is 21.6 Å². The van der Waals surface area contributed by atoms with Gasteiger partial charge >= 0.3 is 6.18 Å². The van der Waals surface area contributed by atoms with E-state index in [1.807, 2.05) is 66.3 Å². The minimum Gasteiger partial charge on any atom is -0.340 e. The summed E-state index contributed by atoms with van der Waals surface area (Å²) in [5.74, 6) is 0.317. The van der Waals surface area contributed by atoms with Gasteiger partial charge in [0.25, 0.3) is 0 Å². The van der Waals surface area contributed by atoms with Gasteiger partial charge in [0.2, 0.25) is 0 Å². The number of alkyl halides is 3. The van der Waals surface area contributed by atoms with E-state index in [0.717, 1.165) is 34.0 Å². The van der Waals surface area contributed by atoms with E-state index >= 15 is 0 Å². The molecule has 0 fully saturated rings. The van der Waals surface area contributed by atoms with Crippen LogP contribution >= 0.6 is 11.9 Å². The third kappa shape index (κ3) is 5.30. The summed E-state index contributed by atoms with van der Waals surface area (Å²) in [5.41, 5.74) is 2.63. The normalized spacial score (nSPS) is 11.5. The van der Waals surface area contributed by atoms with Crippen molar-refractivity contribution in [3.63, 3.8) is 0 Å². The summed E-state index contributed by atoms with van der Waals surface area (Å²) >= 11 is 1.46. The van der Waals surface area contributed by atoms with Gasteiger partial charge in [-0.1, -0.05) is 30.3 Å². The predicted octanol–water partition coefficient (Wildman–Crippen LogP) is 5.98. The Morgan fingerprint density at radius 1 is 1.00 bits per heavy atom. The highest BCUT2D eigenvalue weighted by Gasteiger charge is 2.30. The van der Waals surface area contributed by atoms with Crippen molar-refractivity contribution in [3.8, 4) is 11.3 Å². The van der Waals surface area contributed by atoms with Crippen molar-refractivity contribution in [1.82, 2.24) is 19.3 Å². The van der Waals surface area contributed by atoms with E-state index in [4.69, 9.17) is 0 Å². The lowest BCUT2D eigenvalue weighted by Crippen LogP contribution is -2.06. The number of nitrogens with zero attached hydrogens (tertiary/aromatic N) is 3. The summed E-state index contributed by atoms with van der Waals surface area (Å²) < 4.78 is 43.5. The minimum atomic E-state index is -4.42. The molecule has 0 atom stereocenters. The second-order valence-electron chi connectivity index (χ2n) is 6.99. The Labute approximate surface area is 187 Å². The molecule has 9 heteroatoms. The highest BCUT2D eigenvalue weighted by atomic mass is 32.2. The molecule has 0 aliphatic heterocycles. The first-order chi connectivity index (χ1) is 15.4. The lowest BCUT2D eigenvalue weighted by molar-refractivity contribution is -0.137. The Morgan fingerprint density at radius 2 is 1.81 bits per heavy atom. The van der Waals surface area contributed by atoms with E-state index in [1.165, 1.54) is 18.0 Å². The van der Waals surface area contributed by atoms with Gasteiger partial charge in [-0.05, 0) is 54.9 Å². The number of hydrogen-bond acceptors (Lipinski definition) is 5. The van der Waals surface area contributed by atoms with E-state index in [0.29, 0.717) is 18.1 Å². The third-order valence-corrected chi connectivity index (χ3v) is 5.38. The summed E-state index contributed by atoms with van der Waals surface area (Å²) in [6.07, 6.45) is 0.109. The van der Waals surface area contributed by atoms with Crippen LogP contribution in [0, 0.1) is 0 Å². The third-order valence-electron chi connectivity index (χ3n) is 4.68. The van der Waals surface area contributed by atoms with Crippen LogP contribution < -0.4 is 10.0 Å². The lowest BCUT2D eigenvalue weighted by atomic mass is 10.1. The molecule has 2 heterocycles. The first kappa shape index (κ1) is 21.9. The minimum absolute atomic E-state index is 0.317. The van der Waals surface area contributed by atoms with Crippen molar-refractivity contribution in [2.24, 2.45) is 0 Å². The van der Waals surface area contributed by atoms with Gasteiger partial charge in [0.1, 0.15) is 5.82 Å². The van der Waals surface area contributed by atoms with Gasteiger partial charge in [-0.2, -0.15) is 13.2 Å². The molecule has 0 radical (unpaired) electrons. The molecule has 164 valence electrons. The summed E-state index contributed by atoms with van der Waals surface area (Å²) in [6.45, 7) is 0.683. The standard InChI is InChI=1S/C23H20F3N5S/c1-27-32-18-8-9-20(30-22-10-7-17(12-28-22)23(24,25)26)19(11-18)21-14-31(15-29-21)13-16-5-3-2-4-6-16/h2-12,14-15,27H,13H2,1H3,(H,28,30). The van der Waals surface area contributed by atoms with Crippen LogP contribution in [0.15, 0.2) is 84.3 Å². The summed E-state index contributed by atoms with van der Waals surface area (Å²) in [6, 6.07) is 18.1. The number of benzene rings is 2.